The van der Waals surface area contributed by atoms with E-state index < -0.39 is 0 Å². The maximum absolute atomic E-state index is 13.9. The molecule has 0 aromatic carbocycles. The van der Waals surface area contributed by atoms with Crippen LogP contribution in [0.2, 0.25) is 0 Å². The van der Waals surface area contributed by atoms with E-state index in [1.807, 2.05) is 0 Å². The van der Waals surface area contributed by atoms with Gasteiger partial charge in [-0.05, 0) is 129 Å². The summed E-state index contributed by atoms with van der Waals surface area (Å²) in [6.45, 7) is 22.0. The Labute approximate surface area is 227 Å². The molecule has 3 nitrogen and oxygen atoms in total. The molecule has 0 heterocycles. The van der Waals surface area contributed by atoms with Gasteiger partial charge in [-0.1, -0.05) is 60.1 Å². The summed E-state index contributed by atoms with van der Waals surface area (Å²) in [5, 5.41) is 11.0. The van der Waals surface area contributed by atoms with Crippen molar-refractivity contribution in [2.24, 2.45) is 56.7 Å². The third-order valence-corrected chi connectivity index (χ3v) is 14.2. The van der Waals surface area contributed by atoms with Crippen LogP contribution >= 0.6 is 0 Å². The molecule has 10 atom stereocenters. The summed E-state index contributed by atoms with van der Waals surface area (Å²) >= 11 is 0. The van der Waals surface area contributed by atoms with Crippen LogP contribution in [-0.2, 0) is 9.53 Å². The molecule has 0 radical (unpaired) electrons. The van der Waals surface area contributed by atoms with Crippen molar-refractivity contribution in [1.82, 2.24) is 0 Å². The minimum atomic E-state index is -0.303. The second-order valence-corrected chi connectivity index (χ2v) is 15.7. The zero-order valence-corrected chi connectivity index (χ0v) is 25.1. The quantitative estimate of drug-likeness (QED) is 0.229. The van der Waals surface area contributed by atoms with Gasteiger partial charge in [-0.2, -0.15) is 0 Å². The zero-order valence-electron chi connectivity index (χ0n) is 25.1. The Balaban J connectivity index is 1.51. The fourth-order valence-electron chi connectivity index (χ4n) is 11.9. The Morgan fingerprint density at radius 1 is 0.892 bits per heavy atom. The van der Waals surface area contributed by atoms with E-state index in [-0.39, 0.29) is 33.7 Å². The van der Waals surface area contributed by atoms with Crippen molar-refractivity contribution in [1.29, 1.82) is 0 Å². The summed E-state index contributed by atoms with van der Waals surface area (Å²) in [6, 6.07) is 0. The van der Waals surface area contributed by atoms with Gasteiger partial charge in [-0.3, -0.25) is 4.79 Å². The van der Waals surface area contributed by atoms with Gasteiger partial charge in [0.1, 0.15) is 0 Å². The largest absolute Gasteiger partial charge is 0.465 e. The molecule has 0 aromatic heterocycles. The lowest BCUT2D eigenvalue weighted by atomic mass is 9.32. The zero-order chi connectivity index (χ0) is 27.0. The van der Waals surface area contributed by atoms with Crippen LogP contribution in [0.3, 0.4) is 0 Å². The number of carbonyl (C=O) groups is 1. The highest BCUT2D eigenvalue weighted by Gasteiger charge is 2.72. The standard InChI is InChI=1S/C34H56O3/c1-9-10-21-37-29(36)34-18-13-23(22(2)3)28(34)24-11-12-26-31(6)16-15-27(35)30(4,5)25(31)14-17-33(26,8)32(24,7)19-20-34/h23-28,35H,2,9-21H2,1,3-8H3/t23-,24+,25-,26+,27-,28+,31-,32+,33+,34-/m0/s1. The molecule has 0 saturated heterocycles. The summed E-state index contributed by atoms with van der Waals surface area (Å²) < 4.78 is 6.03. The van der Waals surface area contributed by atoms with Crippen molar-refractivity contribution in [2.75, 3.05) is 6.61 Å². The number of rotatable bonds is 5. The van der Waals surface area contributed by atoms with Crippen molar-refractivity contribution >= 4 is 5.97 Å². The van der Waals surface area contributed by atoms with Gasteiger partial charge in [0.05, 0.1) is 18.1 Å². The third kappa shape index (κ3) is 3.64. The average Bonchev–Trinajstić information content (AvgIpc) is 3.24. The number of esters is 1. The molecular weight excluding hydrogens is 456 g/mol. The van der Waals surface area contributed by atoms with E-state index in [1.165, 1.54) is 31.3 Å². The van der Waals surface area contributed by atoms with Gasteiger partial charge in [0.15, 0.2) is 0 Å². The van der Waals surface area contributed by atoms with E-state index in [1.54, 1.807) is 0 Å². The molecule has 0 unspecified atom stereocenters. The Bertz CT molecular complexity index is 922. The van der Waals surface area contributed by atoms with E-state index in [0.29, 0.717) is 41.6 Å². The van der Waals surface area contributed by atoms with Crippen LogP contribution < -0.4 is 0 Å². The van der Waals surface area contributed by atoms with Gasteiger partial charge in [0.2, 0.25) is 0 Å². The fourth-order valence-corrected chi connectivity index (χ4v) is 11.9. The molecule has 5 saturated carbocycles. The van der Waals surface area contributed by atoms with Crippen LogP contribution in [0.5, 0.6) is 0 Å². The number of ether oxygens (including phenoxy) is 1. The molecular formula is C34H56O3. The Kier molecular flexibility index (Phi) is 6.82. The van der Waals surface area contributed by atoms with Gasteiger partial charge in [0.25, 0.3) is 0 Å². The van der Waals surface area contributed by atoms with Crippen molar-refractivity contribution in [3.05, 3.63) is 12.2 Å². The fraction of sp³-hybridized carbons (Fsp3) is 0.912. The first-order chi connectivity index (χ1) is 17.3. The summed E-state index contributed by atoms with van der Waals surface area (Å²) in [5.74, 6) is 2.79. The predicted molar refractivity (Wildman–Crippen MR) is 151 cm³/mol. The van der Waals surface area contributed by atoms with Gasteiger partial charge in [-0.15, -0.1) is 0 Å². The highest BCUT2D eigenvalue weighted by Crippen LogP contribution is 2.77. The third-order valence-electron chi connectivity index (χ3n) is 14.2. The molecule has 5 rings (SSSR count). The van der Waals surface area contributed by atoms with E-state index >= 15 is 0 Å². The van der Waals surface area contributed by atoms with Crippen molar-refractivity contribution in [3.63, 3.8) is 0 Å². The van der Waals surface area contributed by atoms with Crippen molar-refractivity contribution in [2.45, 2.75) is 132 Å². The average molecular weight is 513 g/mol. The van der Waals surface area contributed by atoms with Gasteiger partial charge >= 0.3 is 5.97 Å². The Hall–Kier alpha value is -0.830. The predicted octanol–water partition coefficient (Wildman–Crippen LogP) is 8.35. The second kappa shape index (κ2) is 9.10. The molecule has 1 N–H and O–H groups in total. The SMILES string of the molecule is C=C(C)[C@@H]1CC[C@]2(C(=O)OCCCC)CC[C@]3(C)[C@H](CC[C@@H]4[C@@]5(C)CC[C@H](O)C(C)(C)[C@@H]5CC[C@]43C)[C@@H]12. The smallest absolute Gasteiger partial charge is 0.312 e. The normalized spacial score (nSPS) is 50.3. The van der Waals surface area contributed by atoms with Gasteiger partial charge in [0, 0.05) is 0 Å². The minimum Gasteiger partial charge on any atom is -0.465 e. The molecule has 210 valence electrons. The first-order valence-corrected chi connectivity index (χ1v) is 15.8. The number of aliphatic hydroxyl groups excluding tert-OH is 1. The molecule has 37 heavy (non-hydrogen) atoms. The number of hydrogen-bond donors (Lipinski definition) is 1. The molecule has 0 aromatic rings. The highest BCUT2D eigenvalue weighted by atomic mass is 16.5. The lowest BCUT2D eigenvalue weighted by molar-refractivity contribution is -0.248. The van der Waals surface area contributed by atoms with Crippen LogP contribution in [0.1, 0.15) is 126 Å². The van der Waals surface area contributed by atoms with E-state index in [4.69, 9.17) is 4.74 Å². The van der Waals surface area contributed by atoms with Crippen molar-refractivity contribution in [3.8, 4) is 0 Å². The lowest BCUT2D eigenvalue weighted by Gasteiger charge is -2.72. The molecule has 5 fully saturated rings. The summed E-state index contributed by atoms with van der Waals surface area (Å²) in [7, 11) is 0. The van der Waals surface area contributed by atoms with Gasteiger partial charge in [-0.25, -0.2) is 0 Å². The van der Waals surface area contributed by atoms with Crippen molar-refractivity contribution < 1.29 is 14.6 Å². The number of aliphatic hydroxyl groups is 1. The Morgan fingerprint density at radius 3 is 2.30 bits per heavy atom. The second-order valence-electron chi connectivity index (χ2n) is 15.7. The number of hydrogen-bond acceptors (Lipinski definition) is 3. The minimum absolute atomic E-state index is 0.00739. The summed E-state index contributed by atoms with van der Waals surface area (Å²) in [5.41, 5.74) is 1.78. The molecule has 3 heteroatoms. The number of unbranched alkanes of at least 4 members (excludes halogenated alkanes) is 1. The molecule has 0 bridgehead atoms. The van der Waals surface area contributed by atoms with Crippen LogP contribution in [-0.4, -0.2) is 23.8 Å². The summed E-state index contributed by atoms with van der Waals surface area (Å²) in [6.07, 6.45) is 13.2. The molecule has 5 aliphatic rings. The molecule has 5 aliphatic carbocycles. The maximum Gasteiger partial charge on any atom is 0.312 e. The van der Waals surface area contributed by atoms with Crippen LogP contribution in [0, 0.1) is 56.7 Å². The van der Waals surface area contributed by atoms with Gasteiger partial charge < -0.3 is 9.84 Å². The maximum atomic E-state index is 13.9. The van der Waals surface area contributed by atoms with E-state index in [2.05, 4.69) is 55.0 Å². The number of allylic oxidation sites excluding steroid dienone is 1. The highest BCUT2D eigenvalue weighted by molar-refractivity contribution is 5.78. The Morgan fingerprint density at radius 2 is 1.62 bits per heavy atom. The molecule has 0 spiro atoms. The lowest BCUT2D eigenvalue weighted by Crippen LogP contribution is -2.67. The number of fused-ring (bicyclic) bond motifs is 7. The van der Waals surface area contributed by atoms with Crippen LogP contribution in [0.4, 0.5) is 0 Å². The molecule has 0 amide bonds. The number of carbonyl (C=O) groups excluding carboxylic acids is 1. The first kappa shape index (κ1) is 27.7. The van der Waals surface area contributed by atoms with E-state index in [0.717, 1.165) is 51.4 Å². The van der Waals surface area contributed by atoms with E-state index in [9.17, 15) is 9.90 Å². The van der Waals surface area contributed by atoms with Crippen LogP contribution in [0.25, 0.3) is 0 Å². The first-order valence-electron chi connectivity index (χ1n) is 15.8. The summed E-state index contributed by atoms with van der Waals surface area (Å²) in [4.78, 5) is 13.9. The van der Waals surface area contributed by atoms with Crippen LogP contribution in [0.15, 0.2) is 12.2 Å². The molecule has 0 aliphatic heterocycles. The topological polar surface area (TPSA) is 46.5 Å². The monoisotopic (exact) mass is 512 g/mol.